The van der Waals surface area contributed by atoms with Crippen LogP contribution in [0.2, 0.25) is 0 Å². The van der Waals surface area contributed by atoms with Crippen molar-refractivity contribution in [1.82, 2.24) is 4.90 Å². The summed E-state index contributed by atoms with van der Waals surface area (Å²) in [7, 11) is 2.12. The number of nitrogens with zero attached hydrogens (tertiary/aromatic N) is 1. The Labute approximate surface area is 117 Å². The first-order valence-corrected chi connectivity index (χ1v) is 6.71. The molecule has 0 aliphatic rings. The number of hydrogen-bond acceptors (Lipinski definition) is 2. The lowest BCUT2D eigenvalue weighted by Gasteiger charge is -2.17. The number of halogens is 1. The zero-order chi connectivity index (χ0) is 13.0. The Morgan fingerprint density at radius 1 is 1.00 bits per heavy atom. The fourth-order valence-electron chi connectivity index (χ4n) is 1.95. The predicted molar refractivity (Wildman–Crippen MR) is 80.2 cm³/mol. The molecule has 94 valence electrons. The quantitative estimate of drug-likeness (QED) is 0.873. The summed E-state index contributed by atoms with van der Waals surface area (Å²) in [6.07, 6.45) is 0. The second-order valence-corrected chi connectivity index (χ2v) is 5.37. The maximum Gasteiger partial charge on any atom is 0.0461 e. The minimum Gasteiger partial charge on any atom is -0.398 e. The van der Waals surface area contributed by atoms with Crippen molar-refractivity contribution in [2.75, 3.05) is 12.8 Å². The molecule has 2 rings (SSSR count). The third-order valence-electron chi connectivity index (χ3n) is 2.81. The van der Waals surface area contributed by atoms with Crippen LogP contribution in [-0.4, -0.2) is 11.9 Å². The molecule has 0 aromatic heterocycles. The molecule has 2 aromatic carbocycles. The first-order valence-electron chi connectivity index (χ1n) is 5.91. The van der Waals surface area contributed by atoms with Crippen molar-refractivity contribution in [2.45, 2.75) is 13.1 Å². The average Bonchev–Trinajstić information content (AvgIpc) is 2.35. The molecule has 0 atom stereocenters. The average molecular weight is 305 g/mol. The standard InChI is InChI=1S/C15H17BrN2/c1-18(10-12-5-3-2-4-6-12)11-13-7-8-14(16)15(17)9-13/h2-9H,10-11,17H2,1H3. The zero-order valence-electron chi connectivity index (χ0n) is 10.4. The van der Waals surface area contributed by atoms with Crippen LogP contribution >= 0.6 is 15.9 Å². The summed E-state index contributed by atoms with van der Waals surface area (Å²) in [5, 5.41) is 0. The molecule has 0 saturated carbocycles. The third-order valence-corrected chi connectivity index (χ3v) is 3.53. The van der Waals surface area contributed by atoms with Crippen LogP contribution < -0.4 is 5.73 Å². The number of nitrogens with two attached hydrogens (primary N) is 1. The fourth-order valence-corrected chi connectivity index (χ4v) is 2.20. The molecule has 0 aliphatic carbocycles. The largest absolute Gasteiger partial charge is 0.398 e. The lowest BCUT2D eigenvalue weighted by atomic mass is 10.1. The molecule has 2 aromatic rings. The van der Waals surface area contributed by atoms with Gasteiger partial charge in [-0.2, -0.15) is 0 Å². The van der Waals surface area contributed by atoms with E-state index in [0.717, 1.165) is 23.2 Å². The maximum absolute atomic E-state index is 5.88. The van der Waals surface area contributed by atoms with Gasteiger partial charge in [-0.15, -0.1) is 0 Å². The Kier molecular flexibility index (Phi) is 4.39. The Morgan fingerprint density at radius 3 is 2.33 bits per heavy atom. The van der Waals surface area contributed by atoms with Crippen molar-refractivity contribution < 1.29 is 0 Å². The Bertz CT molecular complexity index is 511. The summed E-state index contributed by atoms with van der Waals surface area (Å²) in [4.78, 5) is 2.28. The van der Waals surface area contributed by atoms with E-state index in [4.69, 9.17) is 5.73 Å². The van der Waals surface area contributed by atoms with Crippen LogP contribution in [0.15, 0.2) is 53.0 Å². The topological polar surface area (TPSA) is 29.3 Å². The van der Waals surface area contributed by atoms with Gasteiger partial charge < -0.3 is 5.73 Å². The molecule has 2 N–H and O–H groups in total. The van der Waals surface area contributed by atoms with Gasteiger partial charge in [0.1, 0.15) is 0 Å². The number of rotatable bonds is 4. The highest BCUT2D eigenvalue weighted by molar-refractivity contribution is 9.10. The normalized spacial score (nSPS) is 10.8. The summed E-state index contributed by atoms with van der Waals surface area (Å²) < 4.78 is 0.956. The van der Waals surface area contributed by atoms with E-state index in [1.54, 1.807) is 0 Å². The van der Waals surface area contributed by atoms with Crippen LogP contribution in [0, 0.1) is 0 Å². The van der Waals surface area contributed by atoms with Crippen LogP contribution in [0.5, 0.6) is 0 Å². The van der Waals surface area contributed by atoms with Gasteiger partial charge >= 0.3 is 0 Å². The van der Waals surface area contributed by atoms with Crippen molar-refractivity contribution in [2.24, 2.45) is 0 Å². The highest BCUT2D eigenvalue weighted by Crippen LogP contribution is 2.21. The van der Waals surface area contributed by atoms with Gasteiger partial charge in [-0.3, -0.25) is 4.90 Å². The highest BCUT2D eigenvalue weighted by Gasteiger charge is 2.03. The third kappa shape index (κ3) is 3.59. The zero-order valence-corrected chi connectivity index (χ0v) is 12.0. The van der Waals surface area contributed by atoms with Crippen molar-refractivity contribution in [3.05, 3.63) is 64.1 Å². The Morgan fingerprint density at radius 2 is 1.67 bits per heavy atom. The molecule has 0 heterocycles. The SMILES string of the molecule is CN(Cc1ccccc1)Cc1ccc(Br)c(N)c1. The maximum atomic E-state index is 5.88. The fraction of sp³-hybridized carbons (Fsp3) is 0.200. The second kappa shape index (κ2) is 6.03. The molecular formula is C15H17BrN2. The second-order valence-electron chi connectivity index (χ2n) is 4.51. The molecule has 0 unspecified atom stereocenters. The Balaban J connectivity index is 1.99. The summed E-state index contributed by atoms with van der Waals surface area (Å²) >= 11 is 3.41. The molecule has 0 aliphatic heterocycles. The van der Waals surface area contributed by atoms with Crippen LogP contribution in [0.3, 0.4) is 0 Å². The van der Waals surface area contributed by atoms with Gasteiger partial charge in [0, 0.05) is 23.2 Å². The van der Waals surface area contributed by atoms with Gasteiger partial charge in [-0.05, 0) is 46.2 Å². The van der Waals surface area contributed by atoms with E-state index < -0.39 is 0 Å². The molecule has 2 nitrogen and oxygen atoms in total. The minimum absolute atomic E-state index is 0.792. The molecule has 3 heteroatoms. The summed E-state index contributed by atoms with van der Waals surface area (Å²) in [5.74, 6) is 0. The van der Waals surface area contributed by atoms with Gasteiger partial charge in [0.15, 0.2) is 0 Å². The van der Waals surface area contributed by atoms with Crippen molar-refractivity contribution >= 4 is 21.6 Å². The molecule has 0 spiro atoms. The predicted octanol–water partition coefficient (Wildman–Crippen LogP) is 3.66. The molecule has 0 saturated heterocycles. The molecule has 0 fully saturated rings. The number of nitrogen functional groups attached to an aromatic ring is 1. The van der Waals surface area contributed by atoms with E-state index in [1.807, 2.05) is 18.2 Å². The Hall–Kier alpha value is -1.32. The smallest absolute Gasteiger partial charge is 0.0461 e. The summed E-state index contributed by atoms with van der Waals surface area (Å²) in [6, 6.07) is 16.6. The molecule has 0 bridgehead atoms. The van der Waals surface area contributed by atoms with E-state index in [2.05, 4.69) is 58.2 Å². The molecule has 0 amide bonds. The van der Waals surface area contributed by atoms with E-state index in [-0.39, 0.29) is 0 Å². The first kappa shape index (κ1) is 13.1. The first-order chi connectivity index (χ1) is 8.65. The van der Waals surface area contributed by atoms with Gasteiger partial charge in [0.25, 0.3) is 0 Å². The van der Waals surface area contributed by atoms with Crippen molar-refractivity contribution in [1.29, 1.82) is 0 Å². The summed E-state index contributed by atoms with van der Waals surface area (Å²) in [5.41, 5.74) is 9.23. The molecule has 0 radical (unpaired) electrons. The van der Waals surface area contributed by atoms with E-state index in [9.17, 15) is 0 Å². The summed E-state index contributed by atoms with van der Waals surface area (Å²) in [6.45, 7) is 1.84. The van der Waals surface area contributed by atoms with Gasteiger partial charge in [0.2, 0.25) is 0 Å². The van der Waals surface area contributed by atoms with Gasteiger partial charge in [-0.1, -0.05) is 36.4 Å². The molecular weight excluding hydrogens is 288 g/mol. The van der Waals surface area contributed by atoms with Crippen molar-refractivity contribution in [3.8, 4) is 0 Å². The van der Waals surface area contributed by atoms with Crippen LogP contribution in [-0.2, 0) is 13.1 Å². The van der Waals surface area contributed by atoms with E-state index in [0.29, 0.717) is 0 Å². The van der Waals surface area contributed by atoms with Crippen LogP contribution in [0.4, 0.5) is 5.69 Å². The van der Waals surface area contributed by atoms with Crippen LogP contribution in [0.1, 0.15) is 11.1 Å². The van der Waals surface area contributed by atoms with E-state index in [1.165, 1.54) is 11.1 Å². The van der Waals surface area contributed by atoms with E-state index >= 15 is 0 Å². The highest BCUT2D eigenvalue weighted by atomic mass is 79.9. The molecule has 18 heavy (non-hydrogen) atoms. The number of hydrogen-bond donors (Lipinski definition) is 1. The van der Waals surface area contributed by atoms with Gasteiger partial charge in [0.05, 0.1) is 0 Å². The van der Waals surface area contributed by atoms with Crippen molar-refractivity contribution in [3.63, 3.8) is 0 Å². The number of anilines is 1. The lowest BCUT2D eigenvalue weighted by Crippen LogP contribution is -2.17. The van der Waals surface area contributed by atoms with Gasteiger partial charge in [-0.25, -0.2) is 0 Å². The lowest BCUT2D eigenvalue weighted by molar-refractivity contribution is 0.319. The monoisotopic (exact) mass is 304 g/mol. The minimum atomic E-state index is 0.792. The number of benzene rings is 2. The van der Waals surface area contributed by atoms with Crippen LogP contribution in [0.25, 0.3) is 0 Å².